The summed E-state index contributed by atoms with van der Waals surface area (Å²) in [5.41, 5.74) is 7.78. The lowest BCUT2D eigenvalue weighted by molar-refractivity contribution is 0.411. The van der Waals surface area contributed by atoms with Crippen LogP contribution in [0.3, 0.4) is 0 Å². The number of sulfone groups is 1. The van der Waals surface area contributed by atoms with Gasteiger partial charge in [-0.15, -0.1) is 0 Å². The largest absolute Gasteiger partial charge is 0.496 e. The Bertz CT molecular complexity index is 772. The highest BCUT2D eigenvalue weighted by atomic mass is 79.9. The molecule has 0 saturated carbocycles. The number of ether oxygens (including phenoxy) is 1. The zero-order valence-electron chi connectivity index (χ0n) is 11.8. The Labute approximate surface area is 133 Å². The summed E-state index contributed by atoms with van der Waals surface area (Å²) < 4.78 is 30.9. The SMILES string of the molecule is COc1ccc(C)cc1CS(=O)(=O)c1ccc(N)cc1Br. The van der Waals surface area contributed by atoms with Gasteiger partial charge in [0.25, 0.3) is 0 Å². The van der Waals surface area contributed by atoms with Crippen LogP contribution in [0.2, 0.25) is 0 Å². The van der Waals surface area contributed by atoms with Crippen molar-refractivity contribution in [3.05, 3.63) is 52.0 Å². The van der Waals surface area contributed by atoms with Crippen molar-refractivity contribution in [1.29, 1.82) is 0 Å². The number of nitrogen functional groups attached to an aromatic ring is 1. The molecule has 0 unspecified atom stereocenters. The molecule has 2 N–H and O–H groups in total. The van der Waals surface area contributed by atoms with Crippen molar-refractivity contribution in [1.82, 2.24) is 0 Å². The van der Waals surface area contributed by atoms with E-state index in [0.29, 0.717) is 21.5 Å². The summed E-state index contributed by atoms with van der Waals surface area (Å²) in [5.74, 6) is 0.441. The van der Waals surface area contributed by atoms with Crippen molar-refractivity contribution in [2.45, 2.75) is 17.6 Å². The van der Waals surface area contributed by atoms with Gasteiger partial charge in [-0.3, -0.25) is 0 Å². The van der Waals surface area contributed by atoms with E-state index >= 15 is 0 Å². The summed E-state index contributed by atoms with van der Waals surface area (Å²) in [6, 6.07) is 10.1. The van der Waals surface area contributed by atoms with E-state index in [4.69, 9.17) is 10.5 Å². The molecule has 0 aliphatic rings. The van der Waals surface area contributed by atoms with E-state index in [0.717, 1.165) is 5.56 Å². The lowest BCUT2D eigenvalue weighted by atomic mass is 10.1. The molecule has 4 nitrogen and oxygen atoms in total. The first kappa shape index (κ1) is 15.9. The van der Waals surface area contributed by atoms with Crippen LogP contribution in [0.15, 0.2) is 45.8 Å². The van der Waals surface area contributed by atoms with Crippen LogP contribution < -0.4 is 10.5 Å². The van der Waals surface area contributed by atoms with E-state index in [1.54, 1.807) is 18.2 Å². The molecule has 2 aromatic carbocycles. The van der Waals surface area contributed by atoms with Crippen LogP contribution in [0.4, 0.5) is 5.69 Å². The maximum absolute atomic E-state index is 12.6. The smallest absolute Gasteiger partial charge is 0.183 e. The van der Waals surface area contributed by atoms with Crippen LogP contribution in [0.5, 0.6) is 5.75 Å². The summed E-state index contributed by atoms with van der Waals surface area (Å²) in [5, 5.41) is 0. The van der Waals surface area contributed by atoms with Crippen molar-refractivity contribution < 1.29 is 13.2 Å². The summed E-state index contributed by atoms with van der Waals surface area (Å²) in [4.78, 5) is 0.222. The highest BCUT2D eigenvalue weighted by Gasteiger charge is 2.20. The van der Waals surface area contributed by atoms with Crippen molar-refractivity contribution in [3.8, 4) is 5.75 Å². The van der Waals surface area contributed by atoms with Gasteiger partial charge in [0.15, 0.2) is 9.84 Å². The number of hydrogen-bond donors (Lipinski definition) is 1. The van der Waals surface area contributed by atoms with E-state index in [9.17, 15) is 8.42 Å². The molecule has 0 amide bonds. The normalized spacial score (nSPS) is 11.4. The third-order valence-electron chi connectivity index (χ3n) is 3.07. The Hall–Kier alpha value is -1.53. The Kier molecular flexibility index (Phi) is 4.58. The quantitative estimate of drug-likeness (QED) is 0.839. The van der Waals surface area contributed by atoms with Gasteiger partial charge in [-0.05, 0) is 47.1 Å². The average molecular weight is 370 g/mol. The van der Waals surface area contributed by atoms with Crippen LogP contribution in [-0.2, 0) is 15.6 Å². The Morgan fingerprint density at radius 2 is 1.90 bits per heavy atom. The van der Waals surface area contributed by atoms with E-state index in [1.807, 2.05) is 19.1 Å². The number of anilines is 1. The van der Waals surface area contributed by atoms with Gasteiger partial charge >= 0.3 is 0 Å². The first-order chi connectivity index (χ1) is 9.83. The van der Waals surface area contributed by atoms with Gasteiger partial charge in [-0.1, -0.05) is 17.7 Å². The molecule has 0 radical (unpaired) electrons. The molecular weight excluding hydrogens is 354 g/mol. The van der Waals surface area contributed by atoms with Gasteiger partial charge in [-0.25, -0.2) is 8.42 Å². The fraction of sp³-hybridized carbons (Fsp3) is 0.200. The second-order valence-corrected chi connectivity index (χ2v) is 7.58. The van der Waals surface area contributed by atoms with Crippen molar-refractivity contribution in [2.24, 2.45) is 0 Å². The number of nitrogens with two attached hydrogens (primary N) is 1. The standard InChI is InChI=1S/C15H16BrNO3S/c1-10-3-5-14(20-2)11(7-10)9-21(18,19)15-6-4-12(17)8-13(15)16/h3-8H,9,17H2,1-2H3. The minimum Gasteiger partial charge on any atom is -0.496 e. The molecule has 0 spiro atoms. The van der Waals surface area contributed by atoms with Crippen molar-refractivity contribution >= 4 is 31.5 Å². The zero-order chi connectivity index (χ0) is 15.6. The van der Waals surface area contributed by atoms with Gasteiger partial charge in [0.2, 0.25) is 0 Å². The summed E-state index contributed by atoms with van der Waals surface area (Å²) in [6.45, 7) is 1.91. The number of hydrogen-bond acceptors (Lipinski definition) is 4. The lowest BCUT2D eigenvalue weighted by Crippen LogP contribution is -2.07. The summed E-state index contributed by atoms with van der Waals surface area (Å²) in [6.07, 6.45) is 0. The fourth-order valence-electron chi connectivity index (χ4n) is 2.07. The number of benzene rings is 2. The highest BCUT2D eigenvalue weighted by Crippen LogP contribution is 2.29. The molecule has 0 saturated heterocycles. The highest BCUT2D eigenvalue weighted by molar-refractivity contribution is 9.10. The molecule has 0 bridgehead atoms. The number of methoxy groups -OCH3 is 1. The maximum atomic E-state index is 12.6. The molecule has 21 heavy (non-hydrogen) atoms. The molecule has 6 heteroatoms. The molecule has 2 rings (SSSR count). The number of aryl methyl sites for hydroxylation is 1. The molecule has 112 valence electrons. The second-order valence-electron chi connectivity index (χ2n) is 4.76. The first-order valence-electron chi connectivity index (χ1n) is 6.25. The van der Waals surface area contributed by atoms with E-state index in [2.05, 4.69) is 15.9 Å². The summed E-state index contributed by atoms with van der Waals surface area (Å²) >= 11 is 3.26. The van der Waals surface area contributed by atoms with Crippen LogP contribution in [0.25, 0.3) is 0 Å². The topological polar surface area (TPSA) is 69.4 Å². The third-order valence-corrected chi connectivity index (χ3v) is 5.71. The minimum absolute atomic E-state index is 0.125. The van der Waals surface area contributed by atoms with Gasteiger partial charge in [0, 0.05) is 15.7 Å². The molecule has 0 heterocycles. The third kappa shape index (κ3) is 3.57. The van der Waals surface area contributed by atoms with Gasteiger partial charge in [-0.2, -0.15) is 0 Å². The molecule has 0 aromatic heterocycles. The molecule has 0 fully saturated rings. The van der Waals surface area contributed by atoms with Gasteiger partial charge < -0.3 is 10.5 Å². The van der Waals surface area contributed by atoms with E-state index < -0.39 is 9.84 Å². The van der Waals surface area contributed by atoms with Crippen LogP contribution in [0.1, 0.15) is 11.1 Å². The van der Waals surface area contributed by atoms with Crippen LogP contribution >= 0.6 is 15.9 Å². The van der Waals surface area contributed by atoms with Crippen molar-refractivity contribution in [2.75, 3.05) is 12.8 Å². The second kappa shape index (κ2) is 6.07. The molecule has 0 aliphatic heterocycles. The molecular formula is C15H16BrNO3S. The Morgan fingerprint density at radius 3 is 2.52 bits per heavy atom. The Balaban J connectivity index is 2.44. The molecule has 0 atom stereocenters. The number of rotatable bonds is 4. The monoisotopic (exact) mass is 369 g/mol. The van der Waals surface area contributed by atoms with Crippen LogP contribution in [-0.4, -0.2) is 15.5 Å². The maximum Gasteiger partial charge on any atom is 0.183 e. The predicted molar refractivity (Wildman–Crippen MR) is 87.2 cm³/mol. The first-order valence-corrected chi connectivity index (χ1v) is 8.69. The lowest BCUT2D eigenvalue weighted by Gasteiger charge is -2.11. The van der Waals surface area contributed by atoms with E-state index in [1.165, 1.54) is 13.2 Å². The average Bonchev–Trinajstić information content (AvgIpc) is 2.37. The summed E-state index contributed by atoms with van der Waals surface area (Å²) in [7, 11) is -1.96. The minimum atomic E-state index is -3.49. The van der Waals surface area contributed by atoms with Gasteiger partial charge in [0.05, 0.1) is 17.8 Å². The van der Waals surface area contributed by atoms with Crippen molar-refractivity contribution in [3.63, 3.8) is 0 Å². The zero-order valence-corrected chi connectivity index (χ0v) is 14.2. The fourth-order valence-corrected chi connectivity index (χ4v) is 4.63. The van der Waals surface area contributed by atoms with Crippen LogP contribution in [0, 0.1) is 6.92 Å². The molecule has 2 aromatic rings. The molecule has 0 aliphatic carbocycles. The Morgan fingerprint density at radius 1 is 1.19 bits per heavy atom. The number of halogens is 1. The predicted octanol–water partition coefficient (Wildman–Crippen LogP) is 3.32. The van der Waals surface area contributed by atoms with Gasteiger partial charge in [0.1, 0.15) is 5.75 Å². The van der Waals surface area contributed by atoms with E-state index in [-0.39, 0.29) is 10.6 Å².